The molecule has 0 aliphatic rings. The number of benzene rings is 3. The SMILES string of the molecule is Cc1ccccc1NS(=O)(=O)c1ccc(C(=O)Nc2ccc(F)c([N+](=O)[O-])c2)cc1. The molecule has 3 aromatic carbocycles. The van der Waals surface area contributed by atoms with Crippen molar-refractivity contribution in [2.24, 2.45) is 0 Å². The van der Waals surface area contributed by atoms with Gasteiger partial charge in [-0.2, -0.15) is 4.39 Å². The van der Waals surface area contributed by atoms with Gasteiger partial charge in [0.15, 0.2) is 0 Å². The second-order valence-corrected chi connectivity index (χ2v) is 8.00. The first kappa shape index (κ1) is 20.9. The lowest BCUT2D eigenvalue weighted by Gasteiger charge is -2.11. The molecule has 0 saturated heterocycles. The molecule has 0 fully saturated rings. The molecule has 30 heavy (non-hydrogen) atoms. The number of aryl methyl sites for hydroxylation is 1. The summed E-state index contributed by atoms with van der Waals surface area (Å²) in [6, 6.07) is 15.0. The first-order chi connectivity index (χ1) is 14.2. The molecule has 0 radical (unpaired) electrons. The Bertz CT molecular complexity index is 1230. The predicted octanol–water partition coefficient (Wildman–Crippen LogP) is 4.10. The van der Waals surface area contributed by atoms with Gasteiger partial charge in [0, 0.05) is 17.3 Å². The van der Waals surface area contributed by atoms with E-state index in [0.29, 0.717) is 5.69 Å². The number of para-hydroxylation sites is 1. The fourth-order valence-electron chi connectivity index (χ4n) is 2.61. The van der Waals surface area contributed by atoms with E-state index in [1.807, 2.05) is 0 Å². The van der Waals surface area contributed by atoms with Gasteiger partial charge in [-0.25, -0.2) is 8.42 Å². The summed E-state index contributed by atoms with van der Waals surface area (Å²) in [6.07, 6.45) is 0. The van der Waals surface area contributed by atoms with Crippen LogP contribution in [0.15, 0.2) is 71.6 Å². The van der Waals surface area contributed by atoms with Crippen LogP contribution in [0.4, 0.5) is 21.5 Å². The number of nitrogens with one attached hydrogen (secondary N) is 2. The van der Waals surface area contributed by atoms with Crippen LogP contribution in [0.5, 0.6) is 0 Å². The molecule has 0 saturated carbocycles. The van der Waals surface area contributed by atoms with Crippen LogP contribution in [-0.4, -0.2) is 19.2 Å². The molecule has 0 bridgehead atoms. The molecule has 8 nitrogen and oxygen atoms in total. The second kappa shape index (κ2) is 8.29. The number of amides is 1. The summed E-state index contributed by atoms with van der Waals surface area (Å²) in [4.78, 5) is 22.2. The Kier molecular flexibility index (Phi) is 5.79. The average molecular weight is 429 g/mol. The number of halogens is 1. The molecule has 0 spiro atoms. The summed E-state index contributed by atoms with van der Waals surface area (Å²) in [5, 5.41) is 13.2. The fourth-order valence-corrected chi connectivity index (χ4v) is 3.74. The third-order valence-electron chi connectivity index (χ3n) is 4.22. The van der Waals surface area contributed by atoms with E-state index in [1.165, 1.54) is 30.3 Å². The molecule has 2 N–H and O–H groups in total. The first-order valence-corrected chi connectivity index (χ1v) is 10.1. The van der Waals surface area contributed by atoms with Gasteiger partial charge in [0.2, 0.25) is 5.82 Å². The lowest BCUT2D eigenvalue weighted by molar-refractivity contribution is -0.387. The van der Waals surface area contributed by atoms with Crippen LogP contribution in [0.1, 0.15) is 15.9 Å². The second-order valence-electron chi connectivity index (χ2n) is 6.32. The monoisotopic (exact) mass is 429 g/mol. The molecule has 154 valence electrons. The van der Waals surface area contributed by atoms with Crippen molar-refractivity contribution in [2.75, 3.05) is 10.0 Å². The van der Waals surface area contributed by atoms with E-state index in [0.717, 1.165) is 17.7 Å². The van der Waals surface area contributed by atoms with Gasteiger partial charge in [0.05, 0.1) is 15.5 Å². The van der Waals surface area contributed by atoms with Crippen molar-refractivity contribution in [2.45, 2.75) is 11.8 Å². The van der Waals surface area contributed by atoms with Gasteiger partial charge in [0.25, 0.3) is 15.9 Å². The minimum atomic E-state index is -3.86. The molecule has 1 amide bonds. The molecule has 0 atom stereocenters. The lowest BCUT2D eigenvalue weighted by Crippen LogP contribution is -2.15. The molecule has 3 rings (SSSR count). The van der Waals surface area contributed by atoms with Crippen molar-refractivity contribution in [3.05, 3.63) is 93.8 Å². The molecule has 10 heteroatoms. The number of anilines is 2. The Labute approximate surface area is 171 Å². The van der Waals surface area contributed by atoms with E-state index >= 15 is 0 Å². The molecule has 0 unspecified atom stereocenters. The number of rotatable bonds is 6. The maximum Gasteiger partial charge on any atom is 0.306 e. The van der Waals surface area contributed by atoms with Crippen LogP contribution in [-0.2, 0) is 10.0 Å². The molecular formula is C20H16FN3O5S. The molecule has 0 aromatic heterocycles. The smallest absolute Gasteiger partial charge is 0.306 e. The highest BCUT2D eigenvalue weighted by atomic mass is 32.2. The number of hydrogen-bond acceptors (Lipinski definition) is 5. The number of nitro groups is 1. The van der Waals surface area contributed by atoms with Crippen LogP contribution < -0.4 is 10.0 Å². The van der Waals surface area contributed by atoms with Crippen LogP contribution >= 0.6 is 0 Å². The van der Waals surface area contributed by atoms with Crippen LogP contribution in [0, 0.1) is 22.9 Å². The van der Waals surface area contributed by atoms with Gasteiger partial charge in [-0.15, -0.1) is 0 Å². The van der Waals surface area contributed by atoms with Gasteiger partial charge in [-0.05, 0) is 55.0 Å². The van der Waals surface area contributed by atoms with Crippen molar-refractivity contribution in [1.82, 2.24) is 0 Å². The van der Waals surface area contributed by atoms with Crippen molar-refractivity contribution in [3.63, 3.8) is 0 Å². The Morgan fingerprint density at radius 3 is 2.33 bits per heavy atom. The summed E-state index contributed by atoms with van der Waals surface area (Å²) in [5.74, 6) is -1.65. The summed E-state index contributed by atoms with van der Waals surface area (Å²) in [7, 11) is -3.86. The summed E-state index contributed by atoms with van der Waals surface area (Å²) in [5.41, 5.74) is 0.585. The highest BCUT2D eigenvalue weighted by Crippen LogP contribution is 2.23. The largest absolute Gasteiger partial charge is 0.322 e. The van der Waals surface area contributed by atoms with E-state index in [9.17, 15) is 27.7 Å². The maximum absolute atomic E-state index is 13.4. The average Bonchev–Trinajstić information content (AvgIpc) is 2.71. The summed E-state index contributed by atoms with van der Waals surface area (Å²) >= 11 is 0. The zero-order valence-corrected chi connectivity index (χ0v) is 16.4. The normalized spacial score (nSPS) is 11.0. The fraction of sp³-hybridized carbons (Fsp3) is 0.0500. The van der Waals surface area contributed by atoms with Crippen LogP contribution in [0.2, 0.25) is 0 Å². The van der Waals surface area contributed by atoms with Crippen LogP contribution in [0.25, 0.3) is 0 Å². The maximum atomic E-state index is 13.4. The Balaban J connectivity index is 1.77. The summed E-state index contributed by atoms with van der Waals surface area (Å²) in [6.45, 7) is 1.77. The minimum absolute atomic E-state index is 0.0333. The number of carbonyl (C=O) groups excluding carboxylic acids is 1. The van der Waals surface area contributed by atoms with Crippen molar-refractivity contribution in [3.8, 4) is 0 Å². The molecule has 0 heterocycles. The highest BCUT2D eigenvalue weighted by molar-refractivity contribution is 7.92. The quantitative estimate of drug-likeness (QED) is 0.452. The number of nitro benzene ring substituents is 1. The first-order valence-electron chi connectivity index (χ1n) is 8.61. The van der Waals surface area contributed by atoms with Crippen molar-refractivity contribution in [1.29, 1.82) is 0 Å². The van der Waals surface area contributed by atoms with Crippen molar-refractivity contribution >= 4 is 33.0 Å². The van der Waals surface area contributed by atoms with E-state index in [1.54, 1.807) is 31.2 Å². The third-order valence-corrected chi connectivity index (χ3v) is 5.60. The molecule has 0 aliphatic heterocycles. The van der Waals surface area contributed by atoms with Gasteiger partial charge < -0.3 is 5.32 Å². The van der Waals surface area contributed by atoms with Gasteiger partial charge in [-0.3, -0.25) is 19.6 Å². The molecule has 3 aromatic rings. The van der Waals surface area contributed by atoms with Crippen LogP contribution in [0.3, 0.4) is 0 Å². The van der Waals surface area contributed by atoms with Crippen molar-refractivity contribution < 1.29 is 22.5 Å². The number of sulfonamides is 1. The number of carbonyl (C=O) groups is 1. The molecule has 0 aliphatic carbocycles. The predicted molar refractivity (Wildman–Crippen MR) is 109 cm³/mol. The summed E-state index contributed by atoms with van der Waals surface area (Å²) < 4.78 is 41.0. The Morgan fingerprint density at radius 2 is 1.70 bits per heavy atom. The van der Waals surface area contributed by atoms with E-state index in [-0.39, 0.29) is 16.1 Å². The minimum Gasteiger partial charge on any atom is -0.322 e. The lowest BCUT2D eigenvalue weighted by atomic mass is 10.2. The highest BCUT2D eigenvalue weighted by Gasteiger charge is 2.18. The molecular weight excluding hydrogens is 413 g/mol. The number of hydrogen-bond donors (Lipinski definition) is 2. The standard InChI is InChI=1S/C20H16FN3O5S/c1-13-4-2-3-5-18(13)23-30(28,29)16-9-6-14(7-10-16)20(25)22-15-8-11-17(21)19(12-15)24(26)27/h2-12,23H,1H3,(H,22,25). The number of nitrogens with zero attached hydrogens (tertiary/aromatic N) is 1. The van der Waals surface area contributed by atoms with Gasteiger partial charge >= 0.3 is 5.69 Å². The zero-order valence-electron chi connectivity index (χ0n) is 15.6. The van der Waals surface area contributed by atoms with Gasteiger partial charge in [0.1, 0.15) is 0 Å². The van der Waals surface area contributed by atoms with E-state index < -0.39 is 32.4 Å². The Morgan fingerprint density at radius 1 is 1.03 bits per heavy atom. The van der Waals surface area contributed by atoms with Gasteiger partial charge in [-0.1, -0.05) is 18.2 Å². The third kappa shape index (κ3) is 4.61. The topological polar surface area (TPSA) is 118 Å². The zero-order chi connectivity index (χ0) is 21.9. The Hall–Kier alpha value is -3.79. The van der Waals surface area contributed by atoms with E-state index in [4.69, 9.17) is 0 Å². The van der Waals surface area contributed by atoms with E-state index in [2.05, 4.69) is 10.0 Å².